The highest BCUT2D eigenvalue weighted by Crippen LogP contribution is 2.40. The molecule has 1 saturated carbocycles. The number of hydrogen-bond acceptors (Lipinski definition) is 6. The van der Waals surface area contributed by atoms with Crippen LogP contribution in [0.5, 0.6) is 5.88 Å². The summed E-state index contributed by atoms with van der Waals surface area (Å²) in [4.78, 5) is 17.2. The number of aromatic nitrogens is 4. The SMILES string of the molecule is CC1(C)Oc2ncnc(N)c2N=C1c1ccc(C2CCC(Cn3ccnc3)CC2)cc1. The standard InChI is InChI=1S/C24H28N6O/c1-24(2)21(29-20-22(25)27-14-28-23(20)31-24)19-9-7-18(8-10-19)17-5-3-16(4-6-17)13-30-12-11-26-15-30/h7-12,14-17H,3-6,13H2,1-2H3,(H2,25,27,28). The summed E-state index contributed by atoms with van der Waals surface area (Å²) in [6, 6.07) is 8.80. The fourth-order valence-electron chi connectivity index (χ4n) is 4.79. The van der Waals surface area contributed by atoms with Gasteiger partial charge in [0.1, 0.15) is 11.9 Å². The molecule has 2 aliphatic rings. The number of nitrogens with two attached hydrogens (primary N) is 1. The maximum Gasteiger partial charge on any atom is 0.246 e. The van der Waals surface area contributed by atoms with Gasteiger partial charge >= 0.3 is 0 Å². The van der Waals surface area contributed by atoms with E-state index >= 15 is 0 Å². The van der Waals surface area contributed by atoms with E-state index < -0.39 is 5.60 Å². The summed E-state index contributed by atoms with van der Waals surface area (Å²) in [6.45, 7) is 5.08. The zero-order valence-corrected chi connectivity index (χ0v) is 18.0. The molecule has 3 heterocycles. The Balaban J connectivity index is 1.31. The number of ether oxygens (including phenoxy) is 1. The lowest BCUT2D eigenvalue weighted by molar-refractivity contribution is 0.171. The maximum absolute atomic E-state index is 6.10. The molecular weight excluding hydrogens is 388 g/mol. The molecule has 1 aliphatic carbocycles. The first kappa shape index (κ1) is 19.7. The van der Waals surface area contributed by atoms with Gasteiger partial charge in [-0.1, -0.05) is 24.3 Å². The Hall–Kier alpha value is -3.22. The Morgan fingerprint density at radius 1 is 1.10 bits per heavy atom. The molecule has 0 saturated heterocycles. The van der Waals surface area contributed by atoms with Crippen molar-refractivity contribution in [3.63, 3.8) is 0 Å². The van der Waals surface area contributed by atoms with Gasteiger partial charge in [-0.25, -0.2) is 15.0 Å². The van der Waals surface area contributed by atoms with Crippen molar-refractivity contribution in [3.05, 3.63) is 60.4 Å². The molecule has 1 fully saturated rings. The van der Waals surface area contributed by atoms with Gasteiger partial charge < -0.3 is 15.0 Å². The zero-order chi connectivity index (χ0) is 21.4. The fourth-order valence-corrected chi connectivity index (χ4v) is 4.79. The van der Waals surface area contributed by atoms with Gasteiger partial charge in [0.15, 0.2) is 11.5 Å². The lowest BCUT2D eigenvalue weighted by Gasteiger charge is -2.32. The summed E-state index contributed by atoms with van der Waals surface area (Å²) in [5, 5.41) is 0. The van der Waals surface area contributed by atoms with Gasteiger partial charge in [0, 0.05) is 24.5 Å². The first-order valence-corrected chi connectivity index (χ1v) is 10.9. The third-order valence-corrected chi connectivity index (χ3v) is 6.49. The van der Waals surface area contributed by atoms with Crippen LogP contribution < -0.4 is 10.5 Å². The summed E-state index contributed by atoms with van der Waals surface area (Å²) in [7, 11) is 0. The van der Waals surface area contributed by atoms with E-state index in [1.165, 1.54) is 37.6 Å². The van der Waals surface area contributed by atoms with E-state index in [1.807, 2.05) is 26.4 Å². The molecule has 2 N–H and O–H groups in total. The van der Waals surface area contributed by atoms with E-state index in [1.54, 1.807) is 0 Å². The number of nitrogens with zero attached hydrogens (tertiary/aromatic N) is 5. The van der Waals surface area contributed by atoms with E-state index in [4.69, 9.17) is 15.5 Å². The van der Waals surface area contributed by atoms with Crippen LogP contribution in [0.4, 0.5) is 11.5 Å². The molecule has 7 nitrogen and oxygen atoms in total. The van der Waals surface area contributed by atoms with E-state index in [0.717, 1.165) is 23.7 Å². The minimum Gasteiger partial charge on any atom is -0.463 e. The largest absolute Gasteiger partial charge is 0.463 e. The van der Waals surface area contributed by atoms with E-state index in [9.17, 15) is 0 Å². The van der Waals surface area contributed by atoms with Crippen molar-refractivity contribution >= 4 is 17.2 Å². The Morgan fingerprint density at radius 3 is 2.58 bits per heavy atom. The molecule has 0 unspecified atom stereocenters. The summed E-state index contributed by atoms with van der Waals surface area (Å²) >= 11 is 0. The number of anilines is 1. The predicted octanol–water partition coefficient (Wildman–Crippen LogP) is 4.52. The molecule has 7 heteroatoms. The minimum absolute atomic E-state index is 0.335. The van der Waals surface area contributed by atoms with E-state index in [2.05, 4.69) is 50.0 Å². The summed E-state index contributed by atoms with van der Waals surface area (Å²) in [5.41, 5.74) is 9.21. The Bertz CT molecular complexity index is 1080. The Labute approximate surface area is 182 Å². The first-order chi connectivity index (χ1) is 15.0. The quantitative estimate of drug-likeness (QED) is 0.675. The maximum atomic E-state index is 6.10. The van der Waals surface area contributed by atoms with Crippen molar-refractivity contribution in [2.45, 2.75) is 57.6 Å². The minimum atomic E-state index is -0.597. The molecule has 2 aromatic heterocycles. The summed E-state index contributed by atoms with van der Waals surface area (Å²) in [5.74, 6) is 2.13. The number of nitrogen functional groups attached to an aromatic ring is 1. The second kappa shape index (κ2) is 7.80. The molecule has 5 rings (SSSR count). The van der Waals surface area contributed by atoms with Crippen molar-refractivity contribution < 1.29 is 4.74 Å². The number of benzene rings is 1. The topological polar surface area (TPSA) is 91.2 Å². The average molecular weight is 417 g/mol. The van der Waals surface area contributed by atoms with Crippen LogP contribution in [0.1, 0.15) is 56.6 Å². The van der Waals surface area contributed by atoms with Gasteiger partial charge in [-0.2, -0.15) is 4.98 Å². The molecule has 31 heavy (non-hydrogen) atoms. The molecule has 3 aromatic rings. The molecule has 160 valence electrons. The highest BCUT2D eigenvalue weighted by atomic mass is 16.5. The van der Waals surface area contributed by atoms with Crippen molar-refractivity contribution in [2.75, 3.05) is 5.73 Å². The molecule has 0 atom stereocenters. The second-order valence-electron chi connectivity index (χ2n) is 9.08. The van der Waals surface area contributed by atoms with Crippen LogP contribution in [0.3, 0.4) is 0 Å². The van der Waals surface area contributed by atoms with Crippen LogP contribution in [0.15, 0.2) is 54.3 Å². The number of rotatable bonds is 4. The highest BCUT2D eigenvalue weighted by molar-refractivity contribution is 6.09. The van der Waals surface area contributed by atoms with Gasteiger partial charge in [-0.3, -0.25) is 0 Å². The van der Waals surface area contributed by atoms with Crippen LogP contribution in [0.25, 0.3) is 0 Å². The van der Waals surface area contributed by atoms with Gasteiger partial charge in [0.05, 0.1) is 12.0 Å². The molecule has 0 spiro atoms. The van der Waals surface area contributed by atoms with Crippen LogP contribution >= 0.6 is 0 Å². The number of aliphatic imine (C=N–C) groups is 1. The van der Waals surface area contributed by atoms with Crippen molar-refractivity contribution in [3.8, 4) is 5.88 Å². The van der Waals surface area contributed by atoms with Crippen LogP contribution in [-0.2, 0) is 6.54 Å². The van der Waals surface area contributed by atoms with Gasteiger partial charge in [-0.15, -0.1) is 0 Å². The third-order valence-electron chi connectivity index (χ3n) is 6.49. The Morgan fingerprint density at radius 2 is 1.87 bits per heavy atom. The van der Waals surface area contributed by atoms with Crippen LogP contribution in [0, 0.1) is 5.92 Å². The monoisotopic (exact) mass is 416 g/mol. The van der Waals surface area contributed by atoms with Gasteiger partial charge in [0.2, 0.25) is 5.88 Å². The molecular formula is C24H28N6O. The molecule has 0 bridgehead atoms. The normalized spacial score (nSPS) is 22.3. The van der Waals surface area contributed by atoms with E-state index in [-0.39, 0.29) is 0 Å². The highest BCUT2D eigenvalue weighted by Gasteiger charge is 2.35. The first-order valence-electron chi connectivity index (χ1n) is 10.9. The lowest BCUT2D eigenvalue weighted by Crippen LogP contribution is -2.41. The molecule has 0 amide bonds. The molecule has 1 aliphatic heterocycles. The Kier molecular flexibility index (Phi) is 4.96. The number of hydrogen-bond donors (Lipinski definition) is 1. The third kappa shape index (κ3) is 3.92. The summed E-state index contributed by atoms with van der Waals surface area (Å²) < 4.78 is 8.30. The fraction of sp³-hybridized carbons (Fsp3) is 0.417. The van der Waals surface area contributed by atoms with Crippen LogP contribution in [-0.4, -0.2) is 30.8 Å². The van der Waals surface area contributed by atoms with Crippen molar-refractivity contribution in [2.24, 2.45) is 10.9 Å². The van der Waals surface area contributed by atoms with Crippen LogP contribution in [0.2, 0.25) is 0 Å². The van der Waals surface area contributed by atoms with Crippen molar-refractivity contribution in [1.82, 2.24) is 19.5 Å². The number of imidazole rings is 1. The second-order valence-corrected chi connectivity index (χ2v) is 9.08. The summed E-state index contributed by atoms with van der Waals surface area (Å²) in [6.07, 6.45) is 12.2. The predicted molar refractivity (Wildman–Crippen MR) is 121 cm³/mol. The average Bonchev–Trinajstić information content (AvgIpc) is 3.27. The van der Waals surface area contributed by atoms with E-state index in [0.29, 0.717) is 23.3 Å². The molecule has 0 radical (unpaired) electrons. The smallest absolute Gasteiger partial charge is 0.246 e. The molecule has 1 aromatic carbocycles. The van der Waals surface area contributed by atoms with Crippen molar-refractivity contribution in [1.29, 1.82) is 0 Å². The van der Waals surface area contributed by atoms with Gasteiger partial charge in [-0.05, 0) is 56.9 Å². The van der Waals surface area contributed by atoms with Gasteiger partial charge in [0.25, 0.3) is 0 Å². The zero-order valence-electron chi connectivity index (χ0n) is 18.0. The number of fused-ring (bicyclic) bond motifs is 1. The lowest BCUT2D eigenvalue weighted by atomic mass is 9.78.